The molecule has 0 fully saturated rings. The summed E-state index contributed by atoms with van der Waals surface area (Å²) in [6.45, 7) is 3.40. The van der Waals surface area contributed by atoms with E-state index in [1.807, 2.05) is 0 Å². The molecule has 2 atom stereocenters. The molecule has 0 amide bonds. The van der Waals surface area contributed by atoms with Crippen molar-refractivity contribution in [3.05, 3.63) is 30.3 Å². The molecular weight excluding hydrogens is 300 g/mol. The molecule has 0 heterocycles. The summed E-state index contributed by atoms with van der Waals surface area (Å²) in [5.41, 5.74) is 0. The van der Waals surface area contributed by atoms with Gasteiger partial charge in [0, 0.05) is 0 Å². The lowest BCUT2D eigenvalue weighted by Gasteiger charge is -2.20. The minimum absolute atomic E-state index is 0.00531. The maximum Gasteiger partial charge on any atom is 0.264 e. The van der Waals surface area contributed by atoms with Crippen LogP contribution in [0.2, 0.25) is 0 Å². The molecule has 0 aromatic heterocycles. The first-order chi connectivity index (χ1) is 9.14. The molecule has 1 aromatic carbocycles. The van der Waals surface area contributed by atoms with Gasteiger partial charge in [-0.2, -0.15) is 8.42 Å². The molecule has 1 rings (SSSR count). The first-order valence-electron chi connectivity index (χ1n) is 6.28. The highest BCUT2D eigenvalue weighted by Gasteiger charge is 2.28. The van der Waals surface area contributed by atoms with Crippen molar-refractivity contribution in [3.8, 4) is 0 Å². The topological polar surface area (TPSA) is 77.5 Å². The quantitative estimate of drug-likeness (QED) is 0.717. The van der Waals surface area contributed by atoms with Gasteiger partial charge in [0.25, 0.3) is 10.1 Å². The fraction of sp³-hybridized carbons (Fsp3) is 0.538. The summed E-state index contributed by atoms with van der Waals surface area (Å²) < 4.78 is 51.1. The highest BCUT2D eigenvalue weighted by Crippen LogP contribution is 2.23. The van der Waals surface area contributed by atoms with E-state index in [1.165, 1.54) is 0 Å². The molecule has 0 aliphatic heterocycles. The third-order valence-corrected chi connectivity index (χ3v) is 6.20. The minimum Gasteiger partial charge on any atom is -0.270 e. The number of hydrogen-bond acceptors (Lipinski definition) is 5. The van der Waals surface area contributed by atoms with Crippen LogP contribution in [0.3, 0.4) is 0 Å². The van der Waals surface area contributed by atoms with E-state index in [1.54, 1.807) is 44.2 Å². The van der Waals surface area contributed by atoms with Crippen molar-refractivity contribution in [2.45, 2.75) is 30.4 Å². The molecule has 0 N–H and O–H groups in total. The summed E-state index contributed by atoms with van der Waals surface area (Å²) in [6, 6.07) is 8.23. The number of sulfone groups is 1. The summed E-state index contributed by atoms with van der Waals surface area (Å²) in [7, 11) is -6.89. The Kier molecular flexibility index (Phi) is 5.73. The average molecular weight is 320 g/mol. The predicted molar refractivity (Wildman–Crippen MR) is 77.7 cm³/mol. The second-order valence-electron chi connectivity index (χ2n) is 4.86. The SMILES string of the molecule is C[C@H](CCOS(C)(=O)=O)[C@H](C)S(=O)(=O)c1ccccc1. The fourth-order valence-corrected chi connectivity index (χ4v) is 3.86. The Labute approximate surface area is 121 Å². The van der Waals surface area contributed by atoms with Gasteiger partial charge in [0.2, 0.25) is 0 Å². The third-order valence-electron chi connectivity index (χ3n) is 3.23. The second-order valence-corrected chi connectivity index (χ2v) is 8.80. The fourth-order valence-electron chi connectivity index (χ4n) is 1.75. The lowest BCUT2D eigenvalue weighted by Crippen LogP contribution is -2.26. The lowest BCUT2D eigenvalue weighted by molar-refractivity contribution is 0.288. The van der Waals surface area contributed by atoms with Crippen LogP contribution in [0.1, 0.15) is 20.3 Å². The molecule has 0 saturated heterocycles. The van der Waals surface area contributed by atoms with Crippen LogP contribution in [0.15, 0.2) is 35.2 Å². The highest BCUT2D eigenvalue weighted by molar-refractivity contribution is 7.92. The van der Waals surface area contributed by atoms with E-state index < -0.39 is 25.2 Å². The maximum atomic E-state index is 12.4. The molecule has 20 heavy (non-hydrogen) atoms. The van der Waals surface area contributed by atoms with Gasteiger partial charge in [-0.05, 0) is 31.4 Å². The van der Waals surface area contributed by atoms with Crippen molar-refractivity contribution in [3.63, 3.8) is 0 Å². The smallest absolute Gasteiger partial charge is 0.264 e. The minimum atomic E-state index is -3.48. The van der Waals surface area contributed by atoms with Crippen molar-refractivity contribution in [2.75, 3.05) is 12.9 Å². The average Bonchev–Trinajstić information content (AvgIpc) is 2.37. The van der Waals surface area contributed by atoms with Crippen molar-refractivity contribution >= 4 is 20.0 Å². The van der Waals surface area contributed by atoms with Crippen LogP contribution in [-0.2, 0) is 24.1 Å². The molecule has 0 bridgehead atoms. The maximum absolute atomic E-state index is 12.4. The molecule has 7 heteroatoms. The van der Waals surface area contributed by atoms with Gasteiger partial charge >= 0.3 is 0 Å². The summed E-state index contributed by atoms with van der Waals surface area (Å²) >= 11 is 0. The van der Waals surface area contributed by atoms with E-state index in [4.69, 9.17) is 0 Å². The molecule has 0 aliphatic rings. The Morgan fingerprint density at radius 2 is 1.60 bits per heavy atom. The Morgan fingerprint density at radius 1 is 1.05 bits per heavy atom. The second kappa shape index (κ2) is 6.69. The van der Waals surface area contributed by atoms with Crippen LogP contribution in [0.5, 0.6) is 0 Å². The van der Waals surface area contributed by atoms with Gasteiger partial charge in [-0.25, -0.2) is 8.42 Å². The first-order valence-corrected chi connectivity index (χ1v) is 9.64. The van der Waals surface area contributed by atoms with Gasteiger partial charge < -0.3 is 0 Å². The van der Waals surface area contributed by atoms with E-state index in [0.29, 0.717) is 6.42 Å². The van der Waals surface area contributed by atoms with Gasteiger partial charge in [0.1, 0.15) is 0 Å². The molecule has 0 radical (unpaired) electrons. The van der Waals surface area contributed by atoms with E-state index in [2.05, 4.69) is 4.18 Å². The molecule has 5 nitrogen and oxygen atoms in total. The molecule has 0 unspecified atom stereocenters. The summed E-state index contributed by atoms with van der Waals surface area (Å²) in [5.74, 6) is -0.207. The van der Waals surface area contributed by atoms with Gasteiger partial charge in [-0.1, -0.05) is 25.1 Å². The Bertz CT molecular complexity index is 620. The normalized spacial score (nSPS) is 15.8. The molecule has 0 aliphatic carbocycles. The molecule has 114 valence electrons. The van der Waals surface area contributed by atoms with Crippen LogP contribution in [0.4, 0.5) is 0 Å². The predicted octanol–water partition coefficient (Wildman–Crippen LogP) is 1.85. The zero-order valence-electron chi connectivity index (χ0n) is 11.8. The third kappa shape index (κ3) is 4.88. The largest absolute Gasteiger partial charge is 0.270 e. The van der Waals surface area contributed by atoms with Crippen molar-refractivity contribution < 1.29 is 21.0 Å². The molecule has 1 aromatic rings. The molecule has 0 spiro atoms. The zero-order chi connectivity index (χ0) is 15.4. The zero-order valence-corrected chi connectivity index (χ0v) is 13.4. The lowest BCUT2D eigenvalue weighted by atomic mass is 10.1. The summed E-state index contributed by atoms with van der Waals surface area (Å²) in [6.07, 6.45) is 1.34. The van der Waals surface area contributed by atoms with Crippen LogP contribution in [0.25, 0.3) is 0 Å². The van der Waals surface area contributed by atoms with Crippen LogP contribution in [-0.4, -0.2) is 34.9 Å². The van der Waals surface area contributed by atoms with Crippen molar-refractivity contribution in [2.24, 2.45) is 5.92 Å². The Balaban J connectivity index is 2.72. The first kappa shape index (κ1) is 17.1. The van der Waals surface area contributed by atoms with Gasteiger partial charge in [0.15, 0.2) is 9.84 Å². The summed E-state index contributed by atoms with van der Waals surface area (Å²) in [4.78, 5) is 0.281. The summed E-state index contributed by atoms with van der Waals surface area (Å²) in [5, 5.41) is -0.604. The van der Waals surface area contributed by atoms with E-state index in [0.717, 1.165) is 6.26 Å². The van der Waals surface area contributed by atoms with Gasteiger partial charge in [0.05, 0.1) is 23.0 Å². The van der Waals surface area contributed by atoms with Crippen LogP contribution in [0, 0.1) is 5.92 Å². The monoisotopic (exact) mass is 320 g/mol. The van der Waals surface area contributed by atoms with E-state index in [9.17, 15) is 16.8 Å². The van der Waals surface area contributed by atoms with Crippen molar-refractivity contribution in [1.82, 2.24) is 0 Å². The van der Waals surface area contributed by atoms with Crippen LogP contribution < -0.4 is 0 Å². The van der Waals surface area contributed by atoms with E-state index in [-0.39, 0.29) is 17.4 Å². The van der Waals surface area contributed by atoms with Gasteiger partial charge in [-0.15, -0.1) is 0 Å². The van der Waals surface area contributed by atoms with Gasteiger partial charge in [-0.3, -0.25) is 4.18 Å². The Hall–Kier alpha value is -0.920. The Morgan fingerprint density at radius 3 is 2.10 bits per heavy atom. The van der Waals surface area contributed by atoms with E-state index >= 15 is 0 Å². The molecular formula is C13H20O5S2. The highest BCUT2D eigenvalue weighted by atomic mass is 32.2. The number of hydrogen-bond donors (Lipinski definition) is 0. The molecule has 0 saturated carbocycles. The van der Waals surface area contributed by atoms with Crippen LogP contribution >= 0.6 is 0 Å². The standard InChI is InChI=1S/C13H20O5S2/c1-11(9-10-18-19(3,14)15)12(2)20(16,17)13-7-5-4-6-8-13/h4-8,11-12H,9-10H2,1-3H3/t11-,12+/m1/s1. The number of rotatable bonds is 7. The van der Waals surface area contributed by atoms with Crippen molar-refractivity contribution in [1.29, 1.82) is 0 Å². The number of benzene rings is 1.